The topological polar surface area (TPSA) is 105 Å². The van der Waals surface area contributed by atoms with Gasteiger partial charge in [0, 0.05) is 5.69 Å². The number of rotatable bonds is 5. The molecule has 1 heterocycles. The Bertz CT molecular complexity index is 1030. The Morgan fingerprint density at radius 3 is 2.60 bits per heavy atom. The monoisotopic (exact) mass is 407 g/mol. The van der Waals surface area contributed by atoms with Gasteiger partial charge in [0.2, 0.25) is 5.91 Å². The summed E-state index contributed by atoms with van der Waals surface area (Å²) in [6, 6.07) is 13.1. The van der Waals surface area contributed by atoms with Gasteiger partial charge in [-0.1, -0.05) is 24.3 Å². The number of nitrogens with one attached hydrogen (secondary N) is 2. The Morgan fingerprint density at radius 1 is 1.13 bits per heavy atom. The van der Waals surface area contributed by atoms with Crippen molar-refractivity contribution in [2.24, 2.45) is 0 Å². The number of fused-ring (bicyclic) bond motifs is 2. The fraction of sp³-hybridized carbons (Fsp3) is 0.273. The number of ether oxygens (including phenoxy) is 1. The van der Waals surface area contributed by atoms with Gasteiger partial charge in [0.15, 0.2) is 0 Å². The largest absolute Gasteiger partial charge is 0.462 e. The van der Waals surface area contributed by atoms with Crippen LogP contribution in [0, 0.1) is 0 Å². The molecule has 8 nitrogen and oxygen atoms in total. The number of urea groups is 1. The van der Waals surface area contributed by atoms with Gasteiger partial charge in [-0.25, -0.2) is 9.59 Å². The highest BCUT2D eigenvalue weighted by atomic mass is 16.5. The predicted molar refractivity (Wildman–Crippen MR) is 108 cm³/mol. The minimum Gasteiger partial charge on any atom is -0.462 e. The minimum absolute atomic E-state index is 0.273. The summed E-state index contributed by atoms with van der Waals surface area (Å²) in [5.41, 5.74) is 1.54. The number of nitrogens with zero attached hydrogens (tertiary/aromatic N) is 1. The molecule has 4 amide bonds. The van der Waals surface area contributed by atoms with Gasteiger partial charge in [-0.05, 0) is 55.2 Å². The number of hydrogen-bond donors (Lipinski definition) is 2. The van der Waals surface area contributed by atoms with E-state index in [9.17, 15) is 19.2 Å². The van der Waals surface area contributed by atoms with E-state index in [-0.39, 0.29) is 6.61 Å². The molecule has 2 aliphatic rings. The van der Waals surface area contributed by atoms with E-state index in [0.29, 0.717) is 24.1 Å². The van der Waals surface area contributed by atoms with E-state index in [0.717, 1.165) is 16.0 Å². The summed E-state index contributed by atoms with van der Waals surface area (Å²) in [6.45, 7) is 1.60. The Morgan fingerprint density at radius 2 is 1.87 bits per heavy atom. The maximum Gasteiger partial charge on any atom is 0.338 e. The van der Waals surface area contributed by atoms with Crippen molar-refractivity contribution in [2.45, 2.75) is 25.3 Å². The molecule has 1 atom stereocenters. The molecule has 2 N–H and O–H groups in total. The Kier molecular flexibility index (Phi) is 4.99. The first-order chi connectivity index (χ1) is 14.4. The van der Waals surface area contributed by atoms with Crippen LogP contribution in [0.25, 0.3) is 0 Å². The molecule has 0 aromatic heterocycles. The average molecular weight is 407 g/mol. The Hall–Kier alpha value is -3.68. The van der Waals surface area contributed by atoms with Gasteiger partial charge in [-0.15, -0.1) is 0 Å². The molecule has 30 heavy (non-hydrogen) atoms. The third-order valence-electron chi connectivity index (χ3n) is 5.40. The fourth-order valence-corrected chi connectivity index (χ4v) is 3.98. The highest BCUT2D eigenvalue weighted by molar-refractivity contribution is 6.11. The lowest BCUT2D eigenvalue weighted by atomic mass is 9.92. The van der Waals surface area contributed by atoms with E-state index >= 15 is 0 Å². The van der Waals surface area contributed by atoms with Crippen LogP contribution in [0.3, 0.4) is 0 Å². The highest BCUT2D eigenvalue weighted by Crippen LogP contribution is 2.41. The van der Waals surface area contributed by atoms with Gasteiger partial charge < -0.3 is 15.4 Å². The van der Waals surface area contributed by atoms with Crippen molar-refractivity contribution in [2.75, 3.05) is 18.5 Å². The normalized spacial score (nSPS) is 19.6. The third kappa shape index (κ3) is 3.30. The molecule has 2 aromatic carbocycles. The summed E-state index contributed by atoms with van der Waals surface area (Å²) >= 11 is 0. The second kappa shape index (κ2) is 7.62. The van der Waals surface area contributed by atoms with Crippen molar-refractivity contribution in [3.63, 3.8) is 0 Å². The molecule has 0 saturated carbocycles. The van der Waals surface area contributed by atoms with Crippen LogP contribution in [0.5, 0.6) is 0 Å². The number of esters is 1. The van der Waals surface area contributed by atoms with E-state index in [1.165, 1.54) is 12.1 Å². The molecule has 4 rings (SSSR count). The number of imide groups is 1. The van der Waals surface area contributed by atoms with E-state index < -0.39 is 35.9 Å². The van der Waals surface area contributed by atoms with Crippen molar-refractivity contribution in [3.8, 4) is 0 Å². The zero-order valence-electron chi connectivity index (χ0n) is 16.4. The predicted octanol–water partition coefficient (Wildman–Crippen LogP) is 2.20. The first kappa shape index (κ1) is 19.6. The standard InChI is InChI=1S/C22H21N3O5/c1-2-30-19(27)15-7-9-16(10-8-15)23-18(26)13-25-20(28)22(24-21(25)29)12-11-14-5-3-4-6-17(14)22/h3-10H,2,11-13H2,1H3,(H,23,26)(H,24,29)/t22-/m1/s1. The van der Waals surface area contributed by atoms with E-state index in [2.05, 4.69) is 10.6 Å². The Balaban J connectivity index is 1.44. The quantitative estimate of drug-likeness (QED) is 0.584. The van der Waals surface area contributed by atoms with Gasteiger partial charge in [-0.3, -0.25) is 14.5 Å². The molecule has 1 aliphatic carbocycles. The second-order valence-corrected chi connectivity index (χ2v) is 7.23. The first-order valence-electron chi connectivity index (χ1n) is 9.74. The van der Waals surface area contributed by atoms with Crippen molar-refractivity contribution >= 4 is 29.5 Å². The van der Waals surface area contributed by atoms with Crippen LogP contribution in [0.1, 0.15) is 34.8 Å². The van der Waals surface area contributed by atoms with Crippen molar-refractivity contribution < 1.29 is 23.9 Å². The maximum absolute atomic E-state index is 13.1. The number of carbonyl (C=O) groups is 4. The van der Waals surface area contributed by atoms with Crippen LogP contribution in [0.4, 0.5) is 10.5 Å². The van der Waals surface area contributed by atoms with E-state index in [1.807, 2.05) is 24.3 Å². The van der Waals surface area contributed by atoms with Gasteiger partial charge in [-0.2, -0.15) is 0 Å². The van der Waals surface area contributed by atoms with Crippen molar-refractivity contribution in [3.05, 3.63) is 65.2 Å². The van der Waals surface area contributed by atoms with Crippen LogP contribution < -0.4 is 10.6 Å². The minimum atomic E-state index is -1.09. The van der Waals surface area contributed by atoms with Crippen LogP contribution in [0.2, 0.25) is 0 Å². The summed E-state index contributed by atoms with van der Waals surface area (Å²) < 4.78 is 4.92. The van der Waals surface area contributed by atoms with Crippen LogP contribution in [0.15, 0.2) is 48.5 Å². The molecule has 0 unspecified atom stereocenters. The van der Waals surface area contributed by atoms with Gasteiger partial charge in [0.1, 0.15) is 12.1 Å². The van der Waals surface area contributed by atoms with Crippen LogP contribution >= 0.6 is 0 Å². The molecule has 2 aromatic rings. The van der Waals surface area contributed by atoms with E-state index in [1.54, 1.807) is 19.1 Å². The van der Waals surface area contributed by atoms with Gasteiger partial charge in [0.25, 0.3) is 5.91 Å². The molecule has 1 saturated heterocycles. The van der Waals surface area contributed by atoms with E-state index in [4.69, 9.17) is 4.74 Å². The molecule has 1 fully saturated rings. The van der Waals surface area contributed by atoms with Crippen molar-refractivity contribution in [1.82, 2.24) is 10.2 Å². The van der Waals surface area contributed by atoms with Crippen LogP contribution in [-0.2, 0) is 26.3 Å². The Labute approximate surface area is 173 Å². The fourth-order valence-electron chi connectivity index (χ4n) is 3.98. The summed E-state index contributed by atoms with van der Waals surface area (Å²) in [4.78, 5) is 50.7. The number of benzene rings is 2. The number of anilines is 1. The third-order valence-corrected chi connectivity index (χ3v) is 5.40. The molecule has 154 valence electrons. The maximum atomic E-state index is 13.1. The first-order valence-corrected chi connectivity index (χ1v) is 9.74. The van der Waals surface area contributed by atoms with Gasteiger partial charge in [0.05, 0.1) is 12.2 Å². The lowest BCUT2D eigenvalue weighted by molar-refractivity contribution is -0.134. The van der Waals surface area contributed by atoms with Gasteiger partial charge >= 0.3 is 12.0 Å². The van der Waals surface area contributed by atoms with Crippen molar-refractivity contribution in [1.29, 1.82) is 0 Å². The number of hydrogen-bond acceptors (Lipinski definition) is 5. The number of aryl methyl sites for hydroxylation is 1. The zero-order chi connectivity index (χ0) is 21.3. The smallest absolute Gasteiger partial charge is 0.338 e. The summed E-state index contributed by atoms with van der Waals surface area (Å²) in [7, 11) is 0. The lowest BCUT2D eigenvalue weighted by Gasteiger charge is -2.22. The number of amides is 4. The molecular formula is C22H21N3O5. The summed E-state index contributed by atoms with van der Waals surface area (Å²) in [6.07, 6.45) is 1.17. The molecule has 0 radical (unpaired) electrons. The molecule has 8 heteroatoms. The second-order valence-electron chi connectivity index (χ2n) is 7.23. The summed E-state index contributed by atoms with van der Waals surface area (Å²) in [5, 5.41) is 5.43. The lowest BCUT2D eigenvalue weighted by Crippen LogP contribution is -2.42. The molecule has 0 bridgehead atoms. The summed E-state index contributed by atoms with van der Waals surface area (Å²) in [5.74, 6) is -1.37. The molecular weight excluding hydrogens is 386 g/mol. The zero-order valence-corrected chi connectivity index (χ0v) is 16.4. The highest BCUT2D eigenvalue weighted by Gasteiger charge is 2.55. The SMILES string of the molecule is CCOC(=O)c1ccc(NC(=O)CN2C(=O)N[C@@]3(CCc4ccccc43)C2=O)cc1. The molecule has 1 spiro atoms. The molecule has 1 aliphatic heterocycles. The van der Waals surface area contributed by atoms with Crippen LogP contribution in [-0.4, -0.2) is 41.9 Å². The number of carbonyl (C=O) groups excluding carboxylic acids is 4. The average Bonchev–Trinajstić information content (AvgIpc) is 3.22.